The maximum atomic E-state index is 12.6. The van der Waals surface area contributed by atoms with E-state index < -0.39 is 12.0 Å². The van der Waals surface area contributed by atoms with Crippen LogP contribution in [0.15, 0.2) is 53.4 Å². The number of aliphatic carboxylic acids is 1. The van der Waals surface area contributed by atoms with Crippen molar-refractivity contribution in [3.05, 3.63) is 65.2 Å². The van der Waals surface area contributed by atoms with Crippen molar-refractivity contribution in [2.45, 2.75) is 24.3 Å². The number of carbonyl (C=O) groups is 2. The molecule has 1 aliphatic heterocycles. The predicted octanol–water partition coefficient (Wildman–Crippen LogP) is 3.30. The van der Waals surface area contributed by atoms with Crippen LogP contribution in [0.5, 0.6) is 0 Å². The van der Waals surface area contributed by atoms with Gasteiger partial charge in [-0.2, -0.15) is 0 Å². The van der Waals surface area contributed by atoms with E-state index in [1.165, 1.54) is 16.7 Å². The lowest BCUT2D eigenvalue weighted by Crippen LogP contribution is -2.44. The Balaban J connectivity index is 1.77. The van der Waals surface area contributed by atoms with Crippen molar-refractivity contribution in [1.82, 2.24) is 4.90 Å². The SMILES string of the molecule is Cc1ccccc1SCC(=O)N1CCc2ccccc2C1C(=O)O. The third-order valence-corrected chi connectivity index (χ3v) is 5.44. The summed E-state index contributed by atoms with van der Waals surface area (Å²) in [6, 6.07) is 14.5. The molecule has 0 saturated carbocycles. The molecule has 24 heavy (non-hydrogen) atoms. The molecule has 1 unspecified atom stereocenters. The molecule has 0 fully saturated rings. The molecule has 0 spiro atoms. The maximum absolute atomic E-state index is 12.6. The fourth-order valence-electron chi connectivity index (χ4n) is 3.04. The lowest BCUT2D eigenvalue weighted by molar-refractivity contribution is -0.150. The number of nitrogens with zero attached hydrogens (tertiary/aromatic N) is 1. The van der Waals surface area contributed by atoms with Crippen LogP contribution in [0.2, 0.25) is 0 Å². The van der Waals surface area contributed by atoms with Gasteiger partial charge < -0.3 is 10.0 Å². The molecular formula is C19H19NO3S. The molecule has 0 aromatic heterocycles. The largest absolute Gasteiger partial charge is 0.479 e. The van der Waals surface area contributed by atoms with E-state index in [0.717, 1.165) is 21.6 Å². The second-order valence-electron chi connectivity index (χ2n) is 5.83. The Bertz CT molecular complexity index is 775. The van der Waals surface area contributed by atoms with Gasteiger partial charge in [0.2, 0.25) is 5.91 Å². The van der Waals surface area contributed by atoms with Crippen molar-refractivity contribution in [1.29, 1.82) is 0 Å². The second kappa shape index (κ2) is 7.09. The fraction of sp³-hybridized carbons (Fsp3) is 0.263. The minimum Gasteiger partial charge on any atom is -0.479 e. The quantitative estimate of drug-likeness (QED) is 0.867. The van der Waals surface area contributed by atoms with E-state index in [9.17, 15) is 14.7 Å². The van der Waals surface area contributed by atoms with Crippen LogP contribution in [0.3, 0.4) is 0 Å². The van der Waals surface area contributed by atoms with Crippen LogP contribution < -0.4 is 0 Å². The van der Waals surface area contributed by atoms with Crippen molar-refractivity contribution in [2.75, 3.05) is 12.3 Å². The highest BCUT2D eigenvalue weighted by Crippen LogP contribution is 2.31. The van der Waals surface area contributed by atoms with E-state index in [-0.39, 0.29) is 11.7 Å². The minimum atomic E-state index is -0.976. The average Bonchev–Trinajstić information content (AvgIpc) is 2.59. The van der Waals surface area contributed by atoms with Crippen LogP contribution in [-0.2, 0) is 16.0 Å². The Morgan fingerprint density at radius 3 is 2.62 bits per heavy atom. The van der Waals surface area contributed by atoms with Crippen LogP contribution in [0.1, 0.15) is 22.7 Å². The first kappa shape index (κ1) is 16.6. The molecule has 1 heterocycles. The van der Waals surface area contributed by atoms with Crippen LogP contribution in [-0.4, -0.2) is 34.2 Å². The zero-order valence-electron chi connectivity index (χ0n) is 13.4. The summed E-state index contributed by atoms with van der Waals surface area (Å²) in [4.78, 5) is 27.0. The van der Waals surface area contributed by atoms with Crippen molar-refractivity contribution < 1.29 is 14.7 Å². The van der Waals surface area contributed by atoms with Gasteiger partial charge in [-0.05, 0) is 36.1 Å². The van der Waals surface area contributed by atoms with Crippen molar-refractivity contribution in [3.63, 3.8) is 0 Å². The summed E-state index contributed by atoms with van der Waals surface area (Å²) in [6.07, 6.45) is 0.695. The molecule has 0 bridgehead atoms. The van der Waals surface area contributed by atoms with Crippen molar-refractivity contribution in [2.24, 2.45) is 0 Å². The number of hydrogen-bond donors (Lipinski definition) is 1. The molecule has 5 heteroatoms. The van der Waals surface area contributed by atoms with Gasteiger partial charge in [0.05, 0.1) is 5.75 Å². The highest BCUT2D eigenvalue weighted by molar-refractivity contribution is 8.00. The molecule has 124 valence electrons. The highest BCUT2D eigenvalue weighted by Gasteiger charge is 2.35. The molecular weight excluding hydrogens is 322 g/mol. The van der Waals surface area contributed by atoms with Gasteiger partial charge in [0, 0.05) is 11.4 Å². The molecule has 4 nitrogen and oxygen atoms in total. The number of amides is 1. The monoisotopic (exact) mass is 341 g/mol. The van der Waals surface area contributed by atoms with Gasteiger partial charge in [0.25, 0.3) is 0 Å². The van der Waals surface area contributed by atoms with Crippen LogP contribution >= 0.6 is 11.8 Å². The summed E-state index contributed by atoms with van der Waals surface area (Å²) in [6.45, 7) is 2.45. The molecule has 2 aromatic carbocycles. The summed E-state index contributed by atoms with van der Waals surface area (Å²) in [5.41, 5.74) is 2.86. The second-order valence-corrected chi connectivity index (χ2v) is 6.85. The number of rotatable bonds is 4. The molecule has 1 N–H and O–H groups in total. The van der Waals surface area contributed by atoms with E-state index in [2.05, 4.69) is 0 Å². The molecule has 2 aromatic rings. The molecule has 1 amide bonds. The normalized spacial score (nSPS) is 16.5. The number of benzene rings is 2. The zero-order chi connectivity index (χ0) is 17.1. The molecule has 0 saturated heterocycles. The van der Waals surface area contributed by atoms with Crippen LogP contribution in [0.25, 0.3) is 0 Å². The Kier molecular flexibility index (Phi) is 4.90. The summed E-state index contributed by atoms with van der Waals surface area (Å²) in [5, 5.41) is 9.63. The van der Waals surface area contributed by atoms with E-state index in [1.807, 2.05) is 55.5 Å². The molecule has 1 atom stereocenters. The maximum Gasteiger partial charge on any atom is 0.331 e. The van der Waals surface area contributed by atoms with E-state index in [1.54, 1.807) is 0 Å². The van der Waals surface area contributed by atoms with Gasteiger partial charge in [-0.15, -0.1) is 11.8 Å². The van der Waals surface area contributed by atoms with E-state index in [4.69, 9.17) is 0 Å². The lowest BCUT2D eigenvalue weighted by atomic mass is 9.92. The first-order valence-corrected chi connectivity index (χ1v) is 8.85. The molecule has 3 rings (SSSR count). The number of thioether (sulfide) groups is 1. The Morgan fingerprint density at radius 2 is 1.88 bits per heavy atom. The van der Waals surface area contributed by atoms with E-state index >= 15 is 0 Å². The van der Waals surface area contributed by atoms with Gasteiger partial charge in [0.15, 0.2) is 6.04 Å². The first-order chi connectivity index (χ1) is 11.6. The zero-order valence-corrected chi connectivity index (χ0v) is 14.3. The smallest absolute Gasteiger partial charge is 0.331 e. The highest BCUT2D eigenvalue weighted by atomic mass is 32.2. The average molecular weight is 341 g/mol. The molecule has 1 aliphatic rings. The van der Waals surface area contributed by atoms with Crippen molar-refractivity contribution in [3.8, 4) is 0 Å². The first-order valence-electron chi connectivity index (χ1n) is 7.86. The topological polar surface area (TPSA) is 57.6 Å². The lowest BCUT2D eigenvalue weighted by Gasteiger charge is -2.34. The van der Waals surface area contributed by atoms with Gasteiger partial charge in [-0.1, -0.05) is 42.5 Å². The standard InChI is InChI=1S/C19H19NO3S/c1-13-6-2-5-9-16(13)24-12-17(21)20-11-10-14-7-3-4-8-15(14)18(20)19(22)23/h2-9,18H,10-12H2,1H3,(H,22,23). The number of fused-ring (bicyclic) bond motifs is 1. The van der Waals surface area contributed by atoms with Gasteiger partial charge in [0.1, 0.15) is 0 Å². The third kappa shape index (κ3) is 3.31. The summed E-state index contributed by atoms with van der Waals surface area (Å²) in [7, 11) is 0. The molecule has 0 radical (unpaired) electrons. The number of carboxylic acid groups (broad SMARTS) is 1. The number of aryl methyl sites for hydroxylation is 1. The summed E-state index contributed by atoms with van der Waals surface area (Å²) in [5.74, 6) is -0.863. The van der Waals surface area contributed by atoms with Gasteiger partial charge in [-0.3, -0.25) is 4.79 Å². The third-order valence-electron chi connectivity index (χ3n) is 4.28. The Morgan fingerprint density at radius 1 is 1.17 bits per heavy atom. The Labute approximate surface area is 145 Å². The van der Waals surface area contributed by atoms with E-state index in [0.29, 0.717) is 13.0 Å². The summed E-state index contributed by atoms with van der Waals surface area (Å²) >= 11 is 1.46. The summed E-state index contributed by atoms with van der Waals surface area (Å²) < 4.78 is 0. The predicted molar refractivity (Wildman–Crippen MR) is 94.1 cm³/mol. The van der Waals surface area contributed by atoms with Gasteiger partial charge >= 0.3 is 5.97 Å². The van der Waals surface area contributed by atoms with Crippen LogP contribution in [0, 0.1) is 6.92 Å². The Hall–Kier alpha value is -2.27. The van der Waals surface area contributed by atoms with Gasteiger partial charge in [-0.25, -0.2) is 4.79 Å². The van der Waals surface area contributed by atoms with Crippen LogP contribution in [0.4, 0.5) is 0 Å². The fourth-order valence-corrected chi connectivity index (χ4v) is 3.96. The number of carbonyl (C=O) groups excluding carboxylic acids is 1. The molecule has 0 aliphatic carbocycles. The number of carboxylic acids is 1. The van der Waals surface area contributed by atoms with Crippen molar-refractivity contribution >= 4 is 23.6 Å². The minimum absolute atomic E-state index is 0.134. The number of hydrogen-bond acceptors (Lipinski definition) is 3.